The molecule has 0 aliphatic heterocycles. The van der Waals surface area contributed by atoms with Crippen LogP contribution in [-0.4, -0.2) is 22.2 Å². The summed E-state index contributed by atoms with van der Waals surface area (Å²) in [5.41, 5.74) is 3.20. The Balaban J connectivity index is 2.21. The number of nitrogens with zero attached hydrogens (tertiary/aromatic N) is 2. The number of aromatic carboxylic acids is 1. The van der Waals surface area contributed by atoms with Crippen molar-refractivity contribution in [2.24, 2.45) is 5.10 Å². The van der Waals surface area contributed by atoms with Crippen LogP contribution in [-0.2, 0) is 0 Å². The lowest BCUT2D eigenvalue weighted by Crippen LogP contribution is -2.02. The molecule has 7 heteroatoms. The molecule has 0 saturated heterocycles. The van der Waals surface area contributed by atoms with E-state index in [1.165, 1.54) is 18.3 Å². The molecule has 0 aromatic heterocycles. The Morgan fingerprint density at radius 1 is 1.19 bits per heavy atom. The van der Waals surface area contributed by atoms with E-state index >= 15 is 0 Å². The lowest BCUT2D eigenvalue weighted by Gasteiger charge is -2.04. The first-order chi connectivity index (χ1) is 10.1. The Kier molecular flexibility index (Phi) is 4.25. The van der Waals surface area contributed by atoms with E-state index in [9.17, 15) is 14.9 Å². The van der Waals surface area contributed by atoms with E-state index in [-0.39, 0.29) is 11.3 Å². The monoisotopic (exact) mass is 285 g/mol. The summed E-state index contributed by atoms with van der Waals surface area (Å²) >= 11 is 0. The second kappa shape index (κ2) is 6.29. The van der Waals surface area contributed by atoms with Crippen LogP contribution in [0.3, 0.4) is 0 Å². The fourth-order valence-electron chi connectivity index (χ4n) is 1.70. The van der Waals surface area contributed by atoms with E-state index in [0.29, 0.717) is 11.3 Å². The second-order valence-corrected chi connectivity index (χ2v) is 4.04. The van der Waals surface area contributed by atoms with Crippen LogP contribution >= 0.6 is 0 Å². The number of nitro groups is 1. The molecule has 0 aliphatic rings. The second-order valence-electron chi connectivity index (χ2n) is 4.04. The number of anilines is 1. The van der Waals surface area contributed by atoms with Gasteiger partial charge in [-0.2, -0.15) is 5.10 Å². The van der Waals surface area contributed by atoms with Gasteiger partial charge in [0.05, 0.1) is 28.0 Å². The van der Waals surface area contributed by atoms with Crippen molar-refractivity contribution in [1.82, 2.24) is 0 Å². The van der Waals surface area contributed by atoms with Gasteiger partial charge in [0.1, 0.15) is 0 Å². The SMILES string of the molecule is O=C(O)c1ccccc1NN=Cc1ccccc1[N+](=O)[O-]. The summed E-state index contributed by atoms with van der Waals surface area (Å²) in [4.78, 5) is 21.4. The highest BCUT2D eigenvalue weighted by Crippen LogP contribution is 2.17. The average molecular weight is 285 g/mol. The van der Waals surface area contributed by atoms with Crippen LogP contribution in [0.4, 0.5) is 11.4 Å². The Hall–Kier alpha value is -3.22. The largest absolute Gasteiger partial charge is 0.478 e. The summed E-state index contributed by atoms with van der Waals surface area (Å²) in [6.45, 7) is 0. The maximum absolute atomic E-state index is 11.0. The van der Waals surface area contributed by atoms with E-state index in [1.54, 1.807) is 36.4 Å². The molecule has 106 valence electrons. The van der Waals surface area contributed by atoms with Crippen LogP contribution in [0.15, 0.2) is 53.6 Å². The fraction of sp³-hybridized carbons (Fsp3) is 0. The third-order valence-electron chi connectivity index (χ3n) is 2.68. The average Bonchev–Trinajstić information content (AvgIpc) is 2.48. The van der Waals surface area contributed by atoms with E-state index in [4.69, 9.17) is 5.11 Å². The van der Waals surface area contributed by atoms with Crippen molar-refractivity contribution in [3.8, 4) is 0 Å². The molecule has 21 heavy (non-hydrogen) atoms. The molecule has 2 aromatic carbocycles. The molecule has 2 rings (SSSR count). The van der Waals surface area contributed by atoms with Crippen LogP contribution in [0.1, 0.15) is 15.9 Å². The zero-order valence-corrected chi connectivity index (χ0v) is 10.8. The molecule has 0 unspecified atom stereocenters. The molecule has 0 bridgehead atoms. The molecule has 0 saturated carbocycles. The lowest BCUT2D eigenvalue weighted by atomic mass is 10.2. The molecule has 0 aliphatic carbocycles. The van der Waals surface area contributed by atoms with E-state index in [1.807, 2.05) is 0 Å². The quantitative estimate of drug-likeness (QED) is 0.499. The van der Waals surface area contributed by atoms with Gasteiger partial charge < -0.3 is 5.11 Å². The summed E-state index contributed by atoms with van der Waals surface area (Å²) in [5, 5.41) is 23.7. The molecular formula is C14H11N3O4. The molecule has 0 spiro atoms. The van der Waals surface area contributed by atoms with Crippen molar-refractivity contribution in [2.45, 2.75) is 0 Å². The van der Waals surface area contributed by atoms with E-state index < -0.39 is 10.9 Å². The Bertz CT molecular complexity index is 713. The van der Waals surface area contributed by atoms with E-state index in [0.717, 1.165) is 0 Å². The maximum Gasteiger partial charge on any atom is 0.337 e. The molecule has 7 nitrogen and oxygen atoms in total. The topological polar surface area (TPSA) is 105 Å². The predicted molar refractivity (Wildman–Crippen MR) is 77.7 cm³/mol. The summed E-state index contributed by atoms with van der Waals surface area (Å²) in [7, 11) is 0. The lowest BCUT2D eigenvalue weighted by molar-refractivity contribution is -0.385. The molecule has 0 atom stereocenters. The minimum absolute atomic E-state index is 0.0669. The maximum atomic E-state index is 11.0. The number of carboxylic acid groups (broad SMARTS) is 1. The van der Waals surface area contributed by atoms with Crippen molar-refractivity contribution >= 4 is 23.6 Å². The van der Waals surface area contributed by atoms with Gasteiger partial charge >= 0.3 is 5.97 Å². The number of carbonyl (C=O) groups is 1. The van der Waals surface area contributed by atoms with Gasteiger partial charge in [-0.25, -0.2) is 4.79 Å². The van der Waals surface area contributed by atoms with Crippen LogP contribution < -0.4 is 5.43 Å². The number of hydrogen-bond acceptors (Lipinski definition) is 5. The third kappa shape index (κ3) is 3.41. The van der Waals surface area contributed by atoms with Gasteiger partial charge in [-0.15, -0.1) is 0 Å². The highest BCUT2D eigenvalue weighted by Gasteiger charge is 2.10. The molecular weight excluding hydrogens is 274 g/mol. The first-order valence-corrected chi connectivity index (χ1v) is 5.94. The van der Waals surface area contributed by atoms with Crippen LogP contribution in [0.2, 0.25) is 0 Å². The zero-order valence-electron chi connectivity index (χ0n) is 10.8. The number of nitrogens with one attached hydrogen (secondary N) is 1. The normalized spacial score (nSPS) is 10.5. The Morgan fingerprint density at radius 2 is 1.86 bits per heavy atom. The number of benzene rings is 2. The number of rotatable bonds is 5. The minimum atomic E-state index is -1.08. The Labute approximate surface area is 119 Å². The summed E-state index contributed by atoms with van der Waals surface area (Å²) < 4.78 is 0. The third-order valence-corrected chi connectivity index (χ3v) is 2.68. The number of hydrazone groups is 1. The van der Waals surface area contributed by atoms with Gasteiger partial charge in [0, 0.05) is 6.07 Å². The van der Waals surface area contributed by atoms with Gasteiger partial charge in [-0.3, -0.25) is 15.5 Å². The minimum Gasteiger partial charge on any atom is -0.478 e. The molecule has 0 fully saturated rings. The van der Waals surface area contributed by atoms with Crippen LogP contribution in [0.25, 0.3) is 0 Å². The number of hydrogen-bond donors (Lipinski definition) is 2. The summed E-state index contributed by atoms with van der Waals surface area (Å²) in [6, 6.07) is 12.4. The van der Waals surface area contributed by atoms with Crippen molar-refractivity contribution in [3.05, 3.63) is 69.8 Å². The summed E-state index contributed by atoms with van der Waals surface area (Å²) in [6.07, 6.45) is 1.27. The highest BCUT2D eigenvalue weighted by molar-refractivity contribution is 5.94. The molecule has 0 amide bonds. The van der Waals surface area contributed by atoms with Gasteiger partial charge in [0.2, 0.25) is 0 Å². The predicted octanol–water partition coefficient (Wildman–Crippen LogP) is 2.74. The van der Waals surface area contributed by atoms with Gasteiger partial charge in [-0.1, -0.05) is 24.3 Å². The molecule has 0 heterocycles. The number of para-hydroxylation sites is 2. The number of carboxylic acids is 1. The number of nitro benzene ring substituents is 1. The summed E-state index contributed by atoms with van der Waals surface area (Å²) in [5.74, 6) is -1.08. The first kappa shape index (κ1) is 14.2. The smallest absolute Gasteiger partial charge is 0.337 e. The van der Waals surface area contributed by atoms with Crippen molar-refractivity contribution in [2.75, 3.05) is 5.43 Å². The van der Waals surface area contributed by atoms with Crippen molar-refractivity contribution in [3.63, 3.8) is 0 Å². The standard InChI is InChI=1S/C14H11N3O4/c18-14(19)11-6-2-3-7-12(11)16-15-9-10-5-1-4-8-13(10)17(20)21/h1-9,16H,(H,18,19). The fourth-order valence-corrected chi connectivity index (χ4v) is 1.70. The molecule has 0 radical (unpaired) electrons. The van der Waals surface area contributed by atoms with Gasteiger partial charge in [-0.05, 0) is 18.2 Å². The van der Waals surface area contributed by atoms with Crippen LogP contribution in [0, 0.1) is 10.1 Å². The zero-order chi connectivity index (χ0) is 15.2. The van der Waals surface area contributed by atoms with Crippen molar-refractivity contribution < 1.29 is 14.8 Å². The Morgan fingerprint density at radius 3 is 2.57 bits per heavy atom. The highest BCUT2D eigenvalue weighted by atomic mass is 16.6. The van der Waals surface area contributed by atoms with Gasteiger partial charge in [0.15, 0.2) is 0 Å². The van der Waals surface area contributed by atoms with E-state index in [2.05, 4.69) is 10.5 Å². The first-order valence-electron chi connectivity index (χ1n) is 5.94. The van der Waals surface area contributed by atoms with Crippen LogP contribution in [0.5, 0.6) is 0 Å². The van der Waals surface area contributed by atoms with Gasteiger partial charge in [0.25, 0.3) is 5.69 Å². The molecule has 2 N–H and O–H groups in total. The molecule has 2 aromatic rings. The van der Waals surface area contributed by atoms with Crippen molar-refractivity contribution in [1.29, 1.82) is 0 Å².